The molecule has 0 radical (unpaired) electrons. The fourth-order valence-corrected chi connectivity index (χ4v) is 2.67. The van der Waals surface area contributed by atoms with E-state index in [9.17, 15) is 4.79 Å². The smallest absolute Gasteiger partial charge is 0.328 e. The third-order valence-electron chi connectivity index (χ3n) is 3.11. The molecular formula is C15H17BrO5. The number of hydrogen-bond donors (Lipinski definition) is 1. The third-order valence-corrected chi connectivity index (χ3v) is 3.70. The Balaban J connectivity index is 2.14. The van der Waals surface area contributed by atoms with Crippen LogP contribution >= 0.6 is 15.9 Å². The first kappa shape index (κ1) is 15.9. The van der Waals surface area contributed by atoms with E-state index < -0.39 is 5.97 Å². The van der Waals surface area contributed by atoms with Gasteiger partial charge in [-0.1, -0.05) is 0 Å². The Morgan fingerprint density at radius 3 is 3.00 bits per heavy atom. The lowest BCUT2D eigenvalue weighted by atomic mass is 10.2. The maximum Gasteiger partial charge on any atom is 0.328 e. The van der Waals surface area contributed by atoms with E-state index >= 15 is 0 Å². The molecule has 114 valence electrons. The van der Waals surface area contributed by atoms with Crippen molar-refractivity contribution in [2.24, 2.45) is 0 Å². The van der Waals surface area contributed by atoms with Crippen molar-refractivity contribution in [2.45, 2.75) is 18.9 Å². The minimum atomic E-state index is -0.996. The summed E-state index contributed by atoms with van der Waals surface area (Å²) >= 11 is 3.43. The highest BCUT2D eigenvalue weighted by atomic mass is 79.9. The Kier molecular flexibility index (Phi) is 5.64. The number of carboxylic acids is 1. The second-order valence-electron chi connectivity index (χ2n) is 4.65. The monoisotopic (exact) mass is 356 g/mol. The lowest BCUT2D eigenvalue weighted by molar-refractivity contribution is -0.131. The van der Waals surface area contributed by atoms with Crippen molar-refractivity contribution in [3.8, 4) is 11.5 Å². The number of benzene rings is 1. The topological polar surface area (TPSA) is 65.0 Å². The second kappa shape index (κ2) is 7.47. The molecule has 1 aliphatic rings. The van der Waals surface area contributed by atoms with Crippen molar-refractivity contribution >= 4 is 28.0 Å². The molecule has 21 heavy (non-hydrogen) atoms. The molecule has 1 aromatic carbocycles. The molecule has 0 saturated carbocycles. The maximum atomic E-state index is 10.6. The number of methoxy groups -OCH3 is 1. The molecule has 1 saturated heterocycles. The predicted octanol–water partition coefficient (Wildman–Crippen LogP) is 3.11. The first-order valence-electron chi connectivity index (χ1n) is 6.63. The molecule has 1 unspecified atom stereocenters. The van der Waals surface area contributed by atoms with E-state index in [0.29, 0.717) is 28.1 Å². The van der Waals surface area contributed by atoms with Crippen LogP contribution in [0.3, 0.4) is 0 Å². The summed E-state index contributed by atoms with van der Waals surface area (Å²) in [6.45, 7) is 1.25. The largest absolute Gasteiger partial charge is 0.493 e. The van der Waals surface area contributed by atoms with Crippen molar-refractivity contribution < 1.29 is 24.1 Å². The van der Waals surface area contributed by atoms with Gasteiger partial charge in [-0.2, -0.15) is 0 Å². The summed E-state index contributed by atoms with van der Waals surface area (Å²) < 4.78 is 17.3. The number of ether oxygens (including phenoxy) is 3. The zero-order valence-corrected chi connectivity index (χ0v) is 13.3. The van der Waals surface area contributed by atoms with E-state index in [1.807, 2.05) is 0 Å². The summed E-state index contributed by atoms with van der Waals surface area (Å²) in [5.74, 6) is 0.150. The van der Waals surface area contributed by atoms with E-state index in [-0.39, 0.29) is 6.10 Å². The van der Waals surface area contributed by atoms with Gasteiger partial charge in [0.1, 0.15) is 6.61 Å². The molecule has 1 fully saturated rings. The van der Waals surface area contributed by atoms with Crippen LogP contribution in [0.25, 0.3) is 6.08 Å². The first-order chi connectivity index (χ1) is 10.1. The lowest BCUT2D eigenvalue weighted by Crippen LogP contribution is -2.16. The molecule has 1 aromatic rings. The van der Waals surface area contributed by atoms with E-state index in [2.05, 4.69) is 15.9 Å². The highest BCUT2D eigenvalue weighted by Crippen LogP contribution is 2.37. The van der Waals surface area contributed by atoms with Gasteiger partial charge in [-0.05, 0) is 52.5 Å². The second-order valence-corrected chi connectivity index (χ2v) is 5.51. The number of carboxylic acid groups (broad SMARTS) is 1. The SMILES string of the molecule is COc1cc(C=CC(=O)O)cc(Br)c1OCC1CCCO1. The summed E-state index contributed by atoms with van der Waals surface area (Å²) in [6.07, 6.45) is 4.76. The number of halogens is 1. The Morgan fingerprint density at radius 2 is 2.38 bits per heavy atom. The molecule has 1 atom stereocenters. The highest BCUT2D eigenvalue weighted by molar-refractivity contribution is 9.10. The fraction of sp³-hybridized carbons (Fsp3) is 0.400. The van der Waals surface area contributed by atoms with E-state index in [4.69, 9.17) is 19.3 Å². The van der Waals surface area contributed by atoms with Crippen molar-refractivity contribution in [2.75, 3.05) is 20.3 Å². The zero-order chi connectivity index (χ0) is 15.2. The molecule has 1 aliphatic heterocycles. The minimum absolute atomic E-state index is 0.119. The molecule has 6 heteroatoms. The van der Waals surface area contributed by atoms with Crippen LogP contribution in [-0.2, 0) is 9.53 Å². The maximum absolute atomic E-state index is 10.6. The molecular weight excluding hydrogens is 340 g/mol. The number of carbonyl (C=O) groups is 1. The standard InChI is InChI=1S/C15H17BrO5/c1-19-13-8-10(4-5-14(17)18)7-12(16)15(13)21-9-11-3-2-6-20-11/h4-5,7-8,11H,2-3,6,9H2,1H3,(H,17,18). The van der Waals surface area contributed by atoms with E-state index in [1.54, 1.807) is 19.2 Å². The average Bonchev–Trinajstić information content (AvgIpc) is 2.96. The highest BCUT2D eigenvalue weighted by Gasteiger charge is 2.18. The van der Waals surface area contributed by atoms with Crippen molar-refractivity contribution in [1.82, 2.24) is 0 Å². The van der Waals surface area contributed by atoms with Gasteiger partial charge in [0.15, 0.2) is 11.5 Å². The average molecular weight is 357 g/mol. The number of rotatable bonds is 6. The normalized spacial score (nSPS) is 18.1. The molecule has 0 spiro atoms. The van der Waals surface area contributed by atoms with Crippen LogP contribution in [0.1, 0.15) is 18.4 Å². The fourth-order valence-electron chi connectivity index (χ4n) is 2.10. The van der Waals surface area contributed by atoms with Gasteiger partial charge >= 0.3 is 5.97 Å². The predicted molar refractivity (Wildman–Crippen MR) is 81.8 cm³/mol. The third kappa shape index (κ3) is 4.47. The van der Waals surface area contributed by atoms with Gasteiger partial charge in [0.25, 0.3) is 0 Å². The van der Waals surface area contributed by atoms with Gasteiger partial charge in [0.05, 0.1) is 17.7 Å². The molecule has 2 rings (SSSR count). The van der Waals surface area contributed by atoms with Crippen molar-refractivity contribution in [1.29, 1.82) is 0 Å². The van der Waals surface area contributed by atoms with E-state index in [0.717, 1.165) is 25.5 Å². The molecule has 0 bridgehead atoms. The van der Waals surface area contributed by atoms with Crippen LogP contribution in [0.4, 0.5) is 0 Å². The van der Waals surface area contributed by atoms with Crippen molar-refractivity contribution in [3.63, 3.8) is 0 Å². The van der Waals surface area contributed by atoms with E-state index in [1.165, 1.54) is 6.08 Å². The molecule has 0 amide bonds. The van der Waals surface area contributed by atoms with Crippen LogP contribution in [0.15, 0.2) is 22.7 Å². The quantitative estimate of drug-likeness (QED) is 0.793. The Bertz CT molecular complexity index is 535. The van der Waals surface area contributed by atoms with Gasteiger partial charge in [0.2, 0.25) is 0 Å². The summed E-state index contributed by atoms with van der Waals surface area (Å²) in [5.41, 5.74) is 0.714. The van der Waals surface area contributed by atoms with Gasteiger partial charge in [-0.3, -0.25) is 0 Å². The summed E-state index contributed by atoms with van der Waals surface area (Å²) in [7, 11) is 1.55. The molecule has 1 heterocycles. The minimum Gasteiger partial charge on any atom is -0.493 e. The lowest BCUT2D eigenvalue weighted by Gasteiger charge is -2.16. The van der Waals surface area contributed by atoms with Crippen LogP contribution < -0.4 is 9.47 Å². The summed E-state index contributed by atoms with van der Waals surface area (Å²) in [6, 6.07) is 3.52. The number of aliphatic carboxylic acids is 1. The van der Waals surface area contributed by atoms with Crippen LogP contribution in [0, 0.1) is 0 Å². The molecule has 0 aliphatic carbocycles. The molecule has 0 aromatic heterocycles. The summed E-state index contributed by atoms with van der Waals surface area (Å²) in [5, 5.41) is 8.66. The number of hydrogen-bond acceptors (Lipinski definition) is 4. The first-order valence-corrected chi connectivity index (χ1v) is 7.42. The summed E-state index contributed by atoms with van der Waals surface area (Å²) in [4.78, 5) is 10.6. The Labute approximate surface area is 131 Å². The van der Waals surface area contributed by atoms with Gasteiger partial charge in [-0.15, -0.1) is 0 Å². The van der Waals surface area contributed by atoms with Crippen LogP contribution in [-0.4, -0.2) is 37.5 Å². The molecule has 5 nitrogen and oxygen atoms in total. The Hall–Kier alpha value is -1.53. The zero-order valence-electron chi connectivity index (χ0n) is 11.7. The van der Waals surface area contributed by atoms with Gasteiger partial charge in [0, 0.05) is 12.7 Å². The van der Waals surface area contributed by atoms with Gasteiger partial charge < -0.3 is 19.3 Å². The Morgan fingerprint density at radius 1 is 1.57 bits per heavy atom. The van der Waals surface area contributed by atoms with Crippen molar-refractivity contribution in [3.05, 3.63) is 28.2 Å². The molecule has 1 N–H and O–H groups in total. The van der Waals surface area contributed by atoms with Crippen LogP contribution in [0.5, 0.6) is 11.5 Å². The van der Waals surface area contributed by atoms with Crippen LogP contribution in [0.2, 0.25) is 0 Å². The van der Waals surface area contributed by atoms with Gasteiger partial charge in [-0.25, -0.2) is 4.79 Å².